The van der Waals surface area contributed by atoms with E-state index in [1.165, 1.54) is 225 Å². The average molecular weight is 957 g/mol. The third-order valence-corrected chi connectivity index (χ3v) is 14.0. The van der Waals surface area contributed by atoms with Crippen molar-refractivity contribution >= 4 is 5.91 Å². The molecule has 0 rings (SSSR count). The highest BCUT2D eigenvalue weighted by Crippen LogP contribution is 2.17. The molecule has 6 nitrogen and oxygen atoms in total. The van der Waals surface area contributed by atoms with Gasteiger partial charge in [0.25, 0.3) is 0 Å². The average Bonchev–Trinajstić information content (AvgIpc) is 3.34. The van der Waals surface area contributed by atoms with Crippen LogP contribution in [0.15, 0.2) is 48.6 Å². The largest absolute Gasteiger partial charge is 0.394 e. The van der Waals surface area contributed by atoms with Crippen molar-refractivity contribution in [2.75, 3.05) is 6.61 Å². The Labute approximate surface area is 423 Å². The third kappa shape index (κ3) is 49.3. The van der Waals surface area contributed by atoms with Crippen LogP contribution in [-0.2, 0) is 4.79 Å². The number of amides is 1. The normalized spacial score (nSPS) is 14.0. The zero-order valence-electron chi connectivity index (χ0n) is 45.4. The van der Waals surface area contributed by atoms with Gasteiger partial charge in [-0.15, -0.1) is 0 Å². The molecule has 4 atom stereocenters. The molecule has 5 N–H and O–H groups in total. The number of carbonyl (C=O) groups excluding carboxylic acids is 1. The summed E-state index contributed by atoms with van der Waals surface area (Å²) >= 11 is 0. The Morgan fingerprint density at radius 1 is 0.353 bits per heavy atom. The van der Waals surface area contributed by atoms with Gasteiger partial charge in [-0.1, -0.05) is 268 Å². The standard InChI is InChI=1S/C62H117NO5/c1-3-5-7-9-11-13-15-17-19-21-23-25-27-28-29-30-31-32-34-35-37-39-41-43-45-47-49-51-53-55-59(65)61(67)58(57-64)63-62(68)60(66)56-54-52-50-48-46-44-42-40-38-36-33-26-24-22-20-18-16-14-12-10-8-6-4-2/h32,34,36,38-39,41,47,49,58-61,64-67H,3-31,33,35,37,40,42-46,48,50-57H2,1-2H3,(H,63,68)/b34-32+,38-36-,41-39+,49-47+. The van der Waals surface area contributed by atoms with Crippen LogP contribution in [0.3, 0.4) is 0 Å². The molecule has 0 bridgehead atoms. The van der Waals surface area contributed by atoms with Crippen LogP contribution in [0.4, 0.5) is 0 Å². The molecule has 400 valence electrons. The van der Waals surface area contributed by atoms with Crippen molar-refractivity contribution in [2.45, 2.75) is 334 Å². The van der Waals surface area contributed by atoms with Crippen molar-refractivity contribution in [1.82, 2.24) is 5.32 Å². The van der Waals surface area contributed by atoms with Crippen LogP contribution < -0.4 is 5.32 Å². The first-order chi connectivity index (χ1) is 33.5. The van der Waals surface area contributed by atoms with Gasteiger partial charge in [-0.05, 0) is 89.9 Å². The second kappa shape index (κ2) is 56.2. The van der Waals surface area contributed by atoms with Crippen LogP contribution in [0.5, 0.6) is 0 Å². The summed E-state index contributed by atoms with van der Waals surface area (Å²) < 4.78 is 0. The summed E-state index contributed by atoms with van der Waals surface area (Å²) in [6.07, 6.45) is 71.9. The number of aliphatic hydroxyl groups is 4. The molecule has 0 aromatic rings. The minimum atomic E-state index is -1.30. The molecular weight excluding hydrogens is 839 g/mol. The molecule has 0 fully saturated rings. The molecule has 0 aromatic heterocycles. The van der Waals surface area contributed by atoms with E-state index in [2.05, 4.69) is 67.8 Å². The Hall–Kier alpha value is -1.73. The van der Waals surface area contributed by atoms with E-state index in [4.69, 9.17) is 0 Å². The summed E-state index contributed by atoms with van der Waals surface area (Å²) in [5.74, 6) is -0.601. The van der Waals surface area contributed by atoms with Crippen LogP contribution in [0.2, 0.25) is 0 Å². The van der Waals surface area contributed by atoms with Gasteiger partial charge in [0.2, 0.25) is 5.91 Å². The molecular formula is C62H117NO5. The highest BCUT2D eigenvalue weighted by Gasteiger charge is 2.28. The minimum absolute atomic E-state index is 0.353. The summed E-state index contributed by atoms with van der Waals surface area (Å²) in [6, 6.07) is -1.02. The Kier molecular flexibility index (Phi) is 54.8. The third-order valence-electron chi connectivity index (χ3n) is 14.0. The van der Waals surface area contributed by atoms with Crippen LogP contribution in [0.25, 0.3) is 0 Å². The van der Waals surface area contributed by atoms with E-state index in [0.717, 1.165) is 51.4 Å². The maximum Gasteiger partial charge on any atom is 0.249 e. The number of unbranched alkanes of at least 4 members (excludes halogenated alkanes) is 38. The van der Waals surface area contributed by atoms with Gasteiger partial charge >= 0.3 is 0 Å². The van der Waals surface area contributed by atoms with Gasteiger partial charge in [-0.2, -0.15) is 0 Å². The smallest absolute Gasteiger partial charge is 0.249 e. The molecule has 0 spiro atoms. The Bertz CT molecular complexity index is 1120. The Morgan fingerprint density at radius 2 is 0.618 bits per heavy atom. The number of hydrogen-bond donors (Lipinski definition) is 5. The fraction of sp³-hybridized carbons (Fsp3) is 0.855. The van der Waals surface area contributed by atoms with E-state index >= 15 is 0 Å². The van der Waals surface area contributed by atoms with Gasteiger partial charge in [0.05, 0.1) is 18.8 Å². The predicted molar refractivity (Wildman–Crippen MR) is 297 cm³/mol. The molecule has 0 saturated carbocycles. The van der Waals surface area contributed by atoms with E-state index in [1.54, 1.807) is 0 Å². The van der Waals surface area contributed by atoms with Crippen LogP contribution >= 0.6 is 0 Å². The lowest BCUT2D eigenvalue weighted by Gasteiger charge is -2.27. The number of hydrogen-bond acceptors (Lipinski definition) is 5. The zero-order chi connectivity index (χ0) is 49.5. The van der Waals surface area contributed by atoms with Crippen molar-refractivity contribution in [3.63, 3.8) is 0 Å². The second-order valence-corrected chi connectivity index (χ2v) is 20.7. The van der Waals surface area contributed by atoms with Gasteiger partial charge in [-0.3, -0.25) is 4.79 Å². The lowest BCUT2D eigenvalue weighted by atomic mass is 10.00. The van der Waals surface area contributed by atoms with Gasteiger partial charge in [0, 0.05) is 0 Å². The molecule has 68 heavy (non-hydrogen) atoms. The van der Waals surface area contributed by atoms with E-state index < -0.39 is 36.9 Å². The molecule has 4 unspecified atom stereocenters. The summed E-state index contributed by atoms with van der Waals surface area (Å²) in [4.78, 5) is 12.6. The van der Waals surface area contributed by atoms with Crippen molar-refractivity contribution in [3.8, 4) is 0 Å². The first kappa shape index (κ1) is 66.3. The molecule has 0 aromatic carbocycles. The first-order valence-corrected chi connectivity index (χ1v) is 30.0. The van der Waals surface area contributed by atoms with Crippen molar-refractivity contribution in [1.29, 1.82) is 0 Å². The van der Waals surface area contributed by atoms with Gasteiger partial charge in [0.15, 0.2) is 0 Å². The van der Waals surface area contributed by atoms with Crippen LogP contribution in [-0.4, -0.2) is 57.3 Å². The highest BCUT2D eigenvalue weighted by molar-refractivity contribution is 5.80. The van der Waals surface area contributed by atoms with Gasteiger partial charge in [0.1, 0.15) is 12.2 Å². The summed E-state index contributed by atoms with van der Waals surface area (Å²) in [5, 5.41) is 44.0. The number of allylic oxidation sites excluding steroid dienone is 8. The number of nitrogens with one attached hydrogen (secondary N) is 1. The van der Waals surface area contributed by atoms with E-state index in [-0.39, 0.29) is 0 Å². The molecule has 0 aliphatic heterocycles. The molecule has 6 heteroatoms. The molecule has 1 amide bonds. The van der Waals surface area contributed by atoms with Crippen molar-refractivity contribution in [2.24, 2.45) is 0 Å². The molecule has 0 radical (unpaired) electrons. The quantitative estimate of drug-likeness (QED) is 0.0308. The lowest BCUT2D eigenvalue weighted by Crippen LogP contribution is -2.53. The Morgan fingerprint density at radius 3 is 0.926 bits per heavy atom. The summed E-state index contributed by atoms with van der Waals surface area (Å²) in [7, 11) is 0. The molecule has 0 aliphatic carbocycles. The Balaban J connectivity index is 3.70. The number of aliphatic hydroxyl groups excluding tert-OH is 4. The maximum atomic E-state index is 12.6. The SMILES string of the molecule is CCCCCCCCCCCCCC/C=C\CCCCCCCCCC(O)C(=O)NC(CO)C(O)C(O)CCC/C=C/CC/C=C/CC/C=C/CCCCCCCCCCCCCCCCCC. The van der Waals surface area contributed by atoms with Gasteiger partial charge in [-0.25, -0.2) is 0 Å². The minimum Gasteiger partial charge on any atom is -0.394 e. The molecule has 0 aliphatic rings. The highest BCUT2D eigenvalue weighted by atomic mass is 16.3. The van der Waals surface area contributed by atoms with Crippen molar-refractivity contribution < 1.29 is 25.2 Å². The topological polar surface area (TPSA) is 110 Å². The van der Waals surface area contributed by atoms with Crippen LogP contribution in [0.1, 0.15) is 309 Å². The van der Waals surface area contributed by atoms with E-state index in [9.17, 15) is 25.2 Å². The van der Waals surface area contributed by atoms with Crippen molar-refractivity contribution in [3.05, 3.63) is 48.6 Å². The fourth-order valence-corrected chi connectivity index (χ4v) is 9.26. The van der Waals surface area contributed by atoms with Gasteiger partial charge < -0.3 is 25.7 Å². The molecule has 0 heterocycles. The fourth-order valence-electron chi connectivity index (χ4n) is 9.26. The summed E-state index contributed by atoms with van der Waals surface area (Å²) in [5.41, 5.74) is 0. The zero-order valence-corrected chi connectivity index (χ0v) is 45.4. The lowest BCUT2D eigenvalue weighted by molar-refractivity contribution is -0.132. The predicted octanol–water partition coefficient (Wildman–Crippen LogP) is 17.8. The van der Waals surface area contributed by atoms with E-state index in [0.29, 0.717) is 19.3 Å². The second-order valence-electron chi connectivity index (χ2n) is 20.7. The van der Waals surface area contributed by atoms with E-state index in [1.807, 2.05) is 0 Å². The monoisotopic (exact) mass is 956 g/mol. The van der Waals surface area contributed by atoms with Crippen LogP contribution in [0, 0.1) is 0 Å². The molecule has 0 saturated heterocycles. The first-order valence-electron chi connectivity index (χ1n) is 30.0. The maximum absolute atomic E-state index is 12.6. The number of carbonyl (C=O) groups is 1. The summed E-state index contributed by atoms with van der Waals surface area (Å²) in [6.45, 7) is 4.07. The number of rotatable bonds is 55.